The van der Waals surface area contributed by atoms with E-state index in [1.165, 1.54) is 32.5 Å². The Balaban J connectivity index is 1.40. The van der Waals surface area contributed by atoms with Crippen LogP contribution in [0.25, 0.3) is 0 Å². The van der Waals surface area contributed by atoms with Crippen molar-refractivity contribution >= 4 is 5.91 Å². The number of carbonyl (C=O) groups excluding carboxylic acids is 1. The van der Waals surface area contributed by atoms with Gasteiger partial charge in [0, 0.05) is 51.4 Å². The van der Waals surface area contributed by atoms with Gasteiger partial charge in [-0.1, -0.05) is 13.8 Å². The average molecular weight is 365 g/mol. The van der Waals surface area contributed by atoms with Crippen LogP contribution in [0.5, 0.6) is 0 Å². The predicted molar refractivity (Wildman–Crippen MR) is 107 cm³/mol. The van der Waals surface area contributed by atoms with Gasteiger partial charge in [-0.3, -0.25) is 9.69 Å². The first-order valence-corrected chi connectivity index (χ1v) is 10.9. The zero-order chi connectivity index (χ0) is 18.7. The SMILES string of the molecule is CC(C)CN1CCC(N2CCN(C(=O)[C@@H]3CCN(C(C)C)C3)CC2)CC1. The topological polar surface area (TPSA) is 30.0 Å². The summed E-state index contributed by atoms with van der Waals surface area (Å²) in [5.41, 5.74) is 0. The summed E-state index contributed by atoms with van der Waals surface area (Å²) in [6, 6.07) is 1.30. The lowest BCUT2D eigenvalue weighted by Crippen LogP contribution is -2.55. The maximum absolute atomic E-state index is 12.9. The summed E-state index contributed by atoms with van der Waals surface area (Å²) in [6.45, 7) is 18.9. The Labute approximate surface area is 160 Å². The van der Waals surface area contributed by atoms with E-state index in [1.54, 1.807) is 0 Å². The van der Waals surface area contributed by atoms with E-state index in [0.29, 0.717) is 11.9 Å². The maximum Gasteiger partial charge on any atom is 0.227 e. The number of amides is 1. The molecule has 3 heterocycles. The van der Waals surface area contributed by atoms with Gasteiger partial charge in [-0.25, -0.2) is 0 Å². The molecule has 3 aliphatic heterocycles. The fourth-order valence-corrected chi connectivity index (χ4v) is 5.01. The highest BCUT2D eigenvalue weighted by molar-refractivity contribution is 5.79. The maximum atomic E-state index is 12.9. The van der Waals surface area contributed by atoms with Gasteiger partial charge in [-0.2, -0.15) is 0 Å². The monoisotopic (exact) mass is 364 g/mol. The standard InChI is InChI=1S/C21H40N4O/c1-17(2)15-22-8-6-20(7-9-22)23-11-13-24(14-12-23)21(26)19-5-10-25(16-19)18(3)4/h17-20H,5-16H2,1-4H3/t19-/m1/s1. The molecule has 3 rings (SSSR count). The summed E-state index contributed by atoms with van der Waals surface area (Å²) in [5.74, 6) is 1.42. The molecular formula is C21H40N4O. The van der Waals surface area contributed by atoms with Crippen LogP contribution in [-0.2, 0) is 4.79 Å². The lowest BCUT2D eigenvalue weighted by molar-refractivity contribution is -0.137. The van der Waals surface area contributed by atoms with Gasteiger partial charge in [-0.05, 0) is 58.7 Å². The van der Waals surface area contributed by atoms with Gasteiger partial charge in [0.05, 0.1) is 5.92 Å². The van der Waals surface area contributed by atoms with Crippen molar-refractivity contribution in [3.63, 3.8) is 0 Å². The number of hydrogen-bond donors (Lipinski definition) is 0. The Morgan fingerprint density at radius 2 is 1.54 bits per heavy atom. The van der Waals surface area contributed by atoms with E-state index in [1.807, 2.05) is 0 Å². The molecule has 5 nitrogen and oxygen atoms in total. The molecule has 0 radical (unpaired) electrons. The molecule has 0 spiro atoms. The van der Waals surface area contributed by atoms with E-state index in [9.17, 15) is 4.79 Å². The first-order valence-electron chi connectivity index (χ1n) is 10.9. The largest absolute Gasteiger partial charge is 0.340 e. The Kier molecular flexibility index (Phi) is 6.98. The van der Waals surface area contributed by atoms with Crippen LogP contribution in [0.15, 0.2) is 0 Å². The van der Waals surface area contributed by atoms with Crippen molar-refractivity contribution in [2.75, 3.05) is 58.9 Å². The van der Waals surface area contributed by atoms with Gasteiger partial charge >= 0.3 is 0 Å². The molecule has 0 aromatic rings. The minimum Gasteiger partial charge on any atom is -0.340 e. The number of carbonyl (C=O) groups is 1. The number of hydrogen-bond acceptors (Lipinski definition) is 4. The van der Waals surface area contributed by atoms with E-state index in [0.717, 1.165) is 57.6 Å². The van der Waals surface area contributed by atoms with Crippen molar-refractivity contribution in [3.05, 3.63) is 0 Å². The van der Waals surface area contributed by atoms with Crippen LogP contribution < -0.4 is 0 Å². The van der Waals surface area contributed by atoms with E-state index >= 15 is 0 Å². The zero-order valence-electron chi connectivity index (χ0n) is 17.5. The second kappa shape index (κ2) is 9.03. The van der Waals surface area contributed by atoms with Gasteiger partial charge in [-0.15, -0.1) is 0 Å². The Morgan fingerprint density at radius 1 is 0.885 bits per heavy atom. The summed E-state index contributed by atoms with van der Waals surface area (Å²) in [5, 5.41) is 0. The third-order valence-electron chi connectivity index (χ3n) is 6.62. The third-order valence-corrected chi connectivity index (χ3v) is 6.62. The molecule has 3 fully saturated rings. The molecule has 3 aliphatic rings. The molecular weight excluding hydrogens is 324 g/mol. The van der Waals surface area contributed by atoms with Crippen LogP contribution in [0.1, 0.15) is 47.0 Å². The van der Waals surface area contributed by atoms with Crippen LogP contribution in [0, 0.1) is 11.8 Å². The number of nitrogens with zero attached hydrogens (tertiary/aromatic N) is 4. The fraction of sp³-hybridized carbons (Fsp3) is 0.952. The van der Waals surface area contributed by atoms with Crippen LogP contribution in [0.3, 0.4) is 0 Å². The van der Waals surface area contributed by atoms with Crippen molar-refractivity contribution < 1.29 is 4.79 Å². The highest BCUT2D eigenvalue weighted by Crippen LogP contribution is 2.23. The minimum absolute atomic E-state index is 0.239. The smallest absolute Gasteiger partial charge is 0.227 e. The molecule has 3 saturated heterocycles. The molecule has 0 aliphatic carbocycles. The van der Waals surface area contributed by atoms with Gasteiger partial charge < -0.3 is 14.7 Å². The van der Waals surface area contributed by atoms with E-state index in [2.05, 4.69) is 47.3 Å². The Bertz CT molecular complexity index is 451. The number of piperidine rings is 1. The van der Waals surface area contributed by atoms with Gasteiger partial charge in [0.2, 0.25) is 5.91 Å². The Hall–Kier alpha value is -0.650. The van der Waals surface area contributed by atoms with Crippen molar-refractivity contribution in [1.82, 2.24) is 19.6 Å². The molecule has 0 aromatic carbocycles. The zero-order valence-corrected chi connectivity index (χ0v) is 17.5. The fourth-order valence-electron chi connectivity index (χ4n) is 5.01. The van der Waals surface area contributed by atoms with E-state index in [-0.39, 0.29) is 5.92 Å². The van der Waals surface area contributed by atoms with Crippen molar-refractivity contribution in [3.8, 4) is 0 Å². The first-order chi connectivity index (χ1) is 12.4. The number of piperazine rings is 1. The van der Waals surface area contributed by atoms with Gasteiger partial charge in [0.15, 0.2) is 0 Å². The molecule has 1 atom stereocenters. The summed E-state index contributed by atoms with van der Waals surface area (Å²) in [7, 11) is 0. The molecule has 0 unspecified atom stereocenters. The van der Waals surface area contributed by atoms with Crippen molar-refractivity contribution in [2.24, 2.45) is 11.8 Å². The molecule has 0 aromatic heterocycles. The second-order valence-electron chi connectivity index (χ2n) is 9.36. The quantitative estimate of drug-likeness (QED) is 0.746. The van der Waals surface area contributed by atoms with Crippen LogP contribution >= 0.6 is 0 Å². The normalized spacial score (nSPS) is 27.8. The van der Waals surface area contributed by atoms with E-state index < -0.39 is 0 Å². The van der Waals surface area contributed by atoms with Crippen LogP contribution in [-0.4, -0.2) is 96.5 Å². The predicted octanol–water partition coefficient (Wildman–Crippen LogP) is 1.98. The van der Waals surface area contributed by atoms with Crippen LogP contribution in [0.2, 0.25) is 0 Å². The molecule has 0 saturated carbocycles. The number of rotatable bonds is 5. The van der Waals surface area contributed by atoms with Crippen molar-refractivity contribution in [1.29, 1.82) is 0 Å². The highest BCUT2D eigenvalue weighted by atomic mass is 16.2. The van der Waals surface area contributed by atoms with Crippen LogP contribution in [0.4, 0.5) is 0 Å². The first kappa shape index (κ1) is 20.1. The summed E-state index contributed by atoms with van der Waals surface area (Å²) in [4.78, 5) is 22.8. The highest BCUT2D eigenvalue weighted by Gasteiger charge is 2.34. The molecule has 150 valence electrons. The molecule has 26 heavy (non-hydrogen) atoms. The molecule has 0 N–H and O–H groups in total. The summed E-state index contributed by atoms with van der Waals surface area (Å²) >= 11 is 0. The lowest BCUT2D eigenvalue weighted by atomic mass is 10.0. The van der Waals surface area contributed by atoms with Gasteiger partial charge in [0.25, 0.3) is 0 Å². The van der Waals surface area contributed by atoms with Crippen molar-refractivity contribution in [2.45, 2.75) is 59.0 Å². The Morgan fingerprint density at radius 3 is 2.08 bits per heavy atom. The summed E-state index contributed by atoms with van der Waals surface area (Å²) in [6.07, 6.45) is 3.64. The van der Waals surface area contributed by atoms with Gasteiger partial charge in [0.1, 0.15) is 0 Å². The molecule has 0 bridgehead atoms. The third kappa shape index (κ3) is 4.99. The number of likely N-dealkylation sites (tertiary alicyclic amines) is 2. The molecule has 1 amide bonds. The summed E-state index contributed by atoms with van der Waals surface area (Å²) < 4.78 is 0. The average Bonchev–Trinajstić information content (AvgIpc) is 3.12. The second-order valence-corrected chi connectivity index (χ2v) is 9.36. The minimum atomic E-state index is 0.239. The lowest BCUT2D eigenvalue weighted by Gasteiger charge is -2.43. The molecule has 5 heteroatoms. The van der Waals surface area contributed by atoms with E-state index in [4.69, 9.17) is 0 Å².